The first-order valence-corrected chi connectivity index (χ1v) is 8.83. The van der Waals surface area contributed by atoms with E-state index in [0.717, 1.165) is 10.2 Å². The lowest BCUT2D eigenvalue weighted by molar-refractivity contribution is -0.384. The molecule has 2 amide bonds. The fourth-order valence-corrected chi connectivity index (χ4v) is 3.24. The van der Waals surface area contributed by atoms with Gasteiger partial charge in [-0.3, -0.25) is 19.7 Å². The van der Waals surface area contributed by atoms with Crippen molar-refractivity contribution in [1.82, 2.24) is 0 Å². The molecule has 1 heterocycles. The van der Waals surface area contributed by atoms with Gasteiger partial charge in [-0.05, 0) is 36.4 Å². The van der Waals surface area contributed by atoms with Gasteiger partial charge < -0.3 is 10.2 Å². The Morgan fingerprint density at radius 2 is 1.96 bits per heavy atom. The van der Waals surface area contributed by atoms with Crippen molar-refractivity contribution < 1.29 is 14.5 Å². The van der Waals surface area contributed by atoms with Crippen LogP contribution in [-0.2, 0) is 9.59 Å². The number of anilines is 2. The minimum absolute atomic E-state index is 0.0632. The first-order valence-electron chi connectivity index (χ1n) is 7.66. The van der Waals surface area contributed by atoms with Crippen LogP contribution < -0.4 is 10.2 Å². The molecule has 3 rings (SSSR count). The molecular formula is C17H13BrClN3O4. The molecular weight excluding hydrogens is 426 g/mol. The second-order valence-electron chi connectivity index (χ2n) is 5.79. The van der Waals surface area contributed by atoms with E-state index in [1.54, 1.807) is 17.0 Å². The predicted octanol–water partition coefficient (Wildman–Crippen LogP) is 4.00. The van der Waals surface area contributed by atoms with Crippen molar-refractivity contribution in [2.24, 2.45) is 5.92 Å². The van der Waals surface area contributed by atoms with Crippen LogP contribution in [0.25, 0.3) is 0 Å². The molecule has 0 spiro atoms. The lowest BCUT2D eigenvalue weighted by Crippen LogP contribution is -2.28. The van der Waals surface area contributed by atoms with Gasteiger partial charge in [0.2, 0.25) is 11.8 Å². The Bertz CT molecular complexity index is 888. The van der Waals surface area contributed by atoms with Crippen LogP contribution in [0.5, 0.6) is 0 Å². The summed E-state index contributed by atoms with van der Waals surface area (Å²) in [5.41, 5.74) is 0.842. The highest BCUT2D eigenvalue weighted by Gasteiger charge is 2.35. The third kappa shape index (κ3) is 3.86. The van der Waals surface area contributed by atoms with Crippen LogP contribution >= 0.6 is 27.5 Å². The average molecular weight is 439 g/mol. The third-order valence-corrected chi connectivity index (χ3v) is 4.88. The molecule has 26 heavy (non-hydrogen) atoms. The number of halogens is 2. The Morgan fingerprint density at radius 3 is 2.58 bits per heavy atom. The highest BCUT2D eigenvalue weighted by molar-refractivity contribution is 9.10. The Morgan fingerprint density at radius 1 is 1.27 bits per heavy atom. The van der Waals surface area contributed by atoms with Crippen LogP contribution in [0.2, 0.25) is 5.02 Å². The van der Waals surface area contributed by atoms with Crippen molar-refractivity contribution in [2.45, 2.75) is 6.42 Å². The summed E-state index contributed by atoms with van der Waals surface area (Å²) in [4.78, 5) is 36.4. The Hall–Kier alpha value is -2.45. The zero-order valence-electron chi connectivity index (χ0n) is 13.3. The highest BCUT2D eigenvalue weighted by Crippen LogP contribution is 2.29. The van der Waals surface area contributed by atoms with Crippen molar-refractivity contribution in [3.8, 4) is 0 Å². The summed E-state index contributed by atoms with van der Waals surface area (Å²) < 4.78 is 0.900. The van der Waals surface area contributed by atoms with Crippen molar-refractivity contribution in [3.05, 3.63) is 62.1 Å². The van der Waals surface area contributed by atoms with Gasteiger partial charge in [0.25, 0.3) is 5.69 Å². The van der Waals surface area contributed by atoms with E-state index in [4.69, 9.17) is 11.6 Å². The number of nitro benzene ring substituents is 1. The highest BCUT2D eigenvalue weighted by atomic mass is 79.9. The van der Waals surface area contributed by atoms with E-state index in [1.807, 2.05) is 12.1 Å². The monoisotopic (exact) mass is 437 g/mol. The molecule has 2 aromatic carbocycles. The second kappa shape index (κ2) is 7.43. The summed E-state index contributed by atoms with van der Waals surface area (Å²) in [5, 5.41) is 13.4. The number of rotatable bonds is 4. The summed E-state index contributed by atoms with van der Waals surface area (Å²) in [5.74, 6) is -0.975. The van der Waals surface area contributed by atoms with Crippen molar-refractivity contribution in [3.63, 3.8) is 0 Å². The van der Waals surface area contributed by atoms with Gasteiger partial charge in [0.05, 0.1) is 10.8 Å². The number of amides is 2. The normalized spacial score (nSPS) is 16.6. The maximum atomic E-state index is 12.4. The van der Waals surface area contributed by atoms with E-state index in [0.29, 0.717) is 5.69 Å². The Labute approximate surface area is 162 Å². The van der Waals surface area contributed by atoms with Gasteiger partial charge in [-0.25, -0.2) is 0 Å². The first kappa shape index (κ1) is 18.3. The average Bonchev–Trinajstić information content (AvgIpc) is 2.97. The lowest BCUT2D eigenvalue weighted by atomic mass is 10.1. The van der Waals surface area contributed by atoms with Crippen molar-refractivity contribution >= 4 is 56.4 Å². The van der Waals surface area contributed by atoms with Gasteiger partial charge in [-0.1, -0.05) is 27.5 Å². The Balaban J connectivity index is 1.69. The van der Waals surface area contributed by atoms with E-state index in [9.17, 15) is 19.7 Å². The van der Waals surface area contributed by atoms with Crippen LogP contribution in [-0.4, -0.2) is 23.3 Å². The number of benzene rings is 2. The van der Waals surface area contributed by atoms with Crippen molar-refractivity contribution in [1.29, 1.82) is 0 Å². The van der Waals surface area contributed by atoms with Gasteiger partial charge >= 0.3 is 0 Å². The van der Waals surface area contributed by atoms with Gasteiger partial charge in [0, 0.05) is 34.9 Å². The molecule has 134 valence electrons. The Kier molecular flexibility index (Phi) is 5.24. The fourth-order valence-electron chi connectivity index (χ4n) is 2.73. The van der Waals surface area contributed by atoms with Gasteiger partial charge in [-0.15, -0.1) is 0 Å². The van der Waals surface area contributed by atoms with E-state index in [-0.39, 0.29) is 35.5 Å². The summed E-state index contributed by atoms with van der Waals surface area (Å²) in [6, 6.07) is 11.2. The molecule has 0 bridgehead atoms. The number of hydrogen-bond donors (Lipinski definition) is 1. The van der Waals surface area contributed by atoms with Crippen LogP contribution in [0.1, 0.15) is 6.42 Å². The number of carbonyl (C=O) groups is 2. The molecule has 1 N–H and O–H groups in total. The van der Waals surface area contributed by atoms with Crippen LogP contribution in [0.4, 0.5) is 17.1 Å². The lowest BCUT2D eigenvalue weighted by Gasteiger charge is -2.16. The molecule has 0 unspecified atom stereocenters. The third-order valence-electron chi connectivity index (χ3n) is 4.05. The molecule has 0 radical (unpaired) electrons. The molecule has 0 saturated carbocycles. The molecule has 1 fully saturated rings. The molecule has 7 nitrogen and oxygen atoms in total. The van der Waals surface area contributed by atoms with Crippen LogP contribution in [0.3, 0.4) is 0 Å². The SMILES string of the molecule is O=C(Nc1ccc([N+](=O)[O-])c(Cl)c1)[C@H]1CC(=O)N(c2ccc(Br)cc2)C1. The van der Waals surface area contributed by atoms with Gasteiger partial charge in [0.1, 0.15) is 5.02 Å². The molecule has 0 aromatic heterocycles. The largest absolute Gasteiger partial charge is 0.326 e. The summed E-state index contributed by atoms with van der Waals surface area (Å²) in [7, 11) is 0. The number of nitro groups is 1. The summed E-state index contributed by atoms with van der Waals surface area (Å²) in [6.07, 6.45) is 0.0998. The van der Waals surface area contributed by atoms with E-state index < -0.39 is 10.8 Å². The zero-order valence-corrected chi connectivity index (χ0v) is 15.7. The summed E-state index contributed by atoms with van der Waals surface area (Å²) in [6.45, 7) is 0.271. The minimum atomic E-state index is -0.598. The molecule has 2 aromatic rings. The maximum absolute atomic E-state index is 12.4. The van der Waals surface area contributed by atoms with Gasteiger partial charge in [-0.2, -0.15) is 0 Å². The quantitative estimate of drug-likeness (QED) is 0.577. The molecule has 1 saturated heterocycles. The number of nitrogens with zero attached hydrogens (tertiary/aromatic N) is 2. The predicted molar refractivity (Wildman–Crippen MR) is 101 cm³/mol. The van der Waals surface area contributed by atoms with Gasteiger partial charge in [0.15, 0.2) is 0 Å². The second-order valence-corrected chi connectivity index (χ2v) is 7.12. The number of hydrogen-bond acceptors (Lipinski definition) is 4. The molecule has 1 aliphatic rings. The van der Waals surface area contributed by atoms with Crippen molar-refractivity contribution in [2.75, 3.05) is 16.8 Å². The molecule has 0 aliphatic carbocycles. The van der Waals surface area contributed by atoms with Crippen LogP contribution in [0.15, 0.2) is 46.9 Å². The number of nitrogens with one attached hydrogen (secondary N) is 1. The van der Waals surface area contributed by atoms with E-state index in [1.165, 1.54) is 18.2 Å². The zero-order chi connectivity index (χ0) is 18.8. The fraction of sp³-hybridized carbons (Fsp3) is 0.176. The summed E-state index contributed by atoms with van der Waals surface area (Å²) >= 11 is 9.19. The molecule has 9 heteroatoms. The standard InChI is InChI=1S/C17H13BrClN3O4/c18-11-1-4-13(5-2-11)21-9-10(7-16(21)23)17(24)20-12-3-6-15(22(25)26)14(19)8-12/h1-6,8,10H,7,9H2,(H,20,24)/t10-/m0/s1. The number of carbonyl (C=O) groups excluding carboxylic acids is 2. The first-order chi connectivity index (χ1) is 12.3. The van der Waals surface area contributed by atoms with E-state index >= 15 is 0 Å². The minimum Gasteiger partial charge on any atom is -0.326 e. The topological polar surface area (TPSA) is 92.5 Å². The smallest absolute Gasteiger partial charge is 0.288 e. The maximum Gasteiger partial charge on any atom is 0.288 e. The molecule has 1 aliphatic heterocycles. The molecule has 1 atom stereocenters. The van der Waals surface area contributed by atoms with E-state index in [2.05, 4.69) is 21.2 Å². The van der Waals surface area contributed by atoms with Crippen LogP contribution in [0, 0.1) is 16.0 Å².